The van der Waals surface area contributed by atoms with Gasteiger partial charge in [-0.15, -0.1) is 0 Å². The second kappa shape index (κ2) is 17.9. The van der Waals surface area contributed by atoms with Crippen molar-refractivity contribution in [3.63, 3.8) is 0 Å². The number of carbonyl (C=O) groups excluding carboxylic acids is 2. The van der Waals surface area contributed by atoms with Crippen LogP contribution in [0.5, 0.6) is 0 Å². The summed E-state index contributed by atoms with van der Waals surface area (Å²) in [7, 11) is 0. The number of carbonyl (C=O) groups is 2. The van der Waals surface area contributed by atoms with Crippen LogP contribution in [0.1, 0.15) is 111 Å². The molecule has 2 aliphatic heterocycles. The molecule has 3 fully saturated rings. The molecule has 13 heteroatoms. The van der Waals surface area contributed by atoms with Gasteiger partial charge >= 0.3 is 0 Å². The molecule has 2 saturated heterocycles. The highest BCUT2D eigenvalue weighted by Crippen LogP contribution is 2.42. The van der Waals surface area contributed by atoms with Gasteiger partial charge in [-0.25, -0.2) is 22.0 Å². The molecule has 0 spiro atoms. The Bertz CT molecular complexity index is 2120. The molecule has 1 aliphatic carbocycles. The van der Waals surface area contributed by atoms with E-state index in [1.807, 2.05) is 75.4 Å². The van der Waals surface area contributed by atoms with Crippen molar-refractivity contribution in [1.29, 1.82) is 0 Å². The lowest BCUT2D eigenvalue weighted by molar-refractivity contribution is -0.255. The Kier molecular flexibility index (Phi) is 12.9. The lowest BCUT2D eigenvalue weighted by atomic mass is 9.75. The molecule has 0 aromatic heterocycles. The Hall–Kier alpha value is -4.69. The number of aliphatic hydroxyl groups excluding tert-OH is 1. The van der Waals surface area contributed by atoms with Crippen molar-refractivity contribution in [1.82, 2.24) is 15.5 Å². The van der Waals surface area contributed by atoms with Gasteiger partial charge < -0.3 is 25.2 Å². The molecule has 8 nitrogen and oxygen atoms in total. The predicted molar refractivity (Wildman–Crippen MR) is 211 cm³/mol. The summed E-state index contributed by atoms with van der Waals surface area (Å²) in [5, 5.41) is 15.2. The summed E-state index contributed by atoms with van der Waals surface area (Å²) in [6, 6.07) is 22.3. The van der Waals surface area contributed by atoms with Gasteiger partial charge in [0.05, 0.1) is 24.9 Å². The number of piperidine rings is 1. The highest BCUT2D eigenvalue weighted by Gasteiger charge is 2.44. The molecule has 4 aromatic rings. The van der Waals surface area contributed by atoms with E-state index in [0.29, 0.717) is 30.5 Å². The van der Waals surface area contributed by atoms with Gasteiger partial charge in [-0.05, 0) is 86.3 Å². The monoisotopic (exact) mass is 819 g/mol. The fourth-order valence-corrected chi connectivity index (χ4v) is 8.76. The third-order valence-corrected chi connectivity index (χ3v) is 11.7. The van der Waals surface area contributed by atoms with Crippen molar-refractivity contribution >= 4 is 11.8 Å². The zero-order valence-electron chi connectivity index (χ0n) is 33.4. The molecular formula is C46H50F5N3O5. The predicted octanol–water partition coefficient (Wildman–Crippen LogP) is 8.95. The molecule has 0 unspecified atom stereocenters. The molecular weight excluding hydrogens is 770 g/mol. The number of benzene rings is 4. The van der Waals surface area contributed by atoms with Crippen molar-refractivity contribution in [2.45, 2.75) is 115 Å². The molecule has 59 heavy (non-hydrogen) atoms. The fraction of sp³-hybridized carbons (Fsp3) is 0.435. The number of fused-ring (bicyclic) bond motifs is 1. The first kappa shape index (κ1) is 42.4. The SMILES string of the molecule is CC(C)(C)NC(=O)[C@H]1CC[C@H]2CCCC[C@H]2N1C[C@@H]1C[C@H](c2ccc(CO)cc2)O[C@H](c2ccc(-c3cccc(CNC(=O)c4c(F)c(F)c(F)c(F)c4F)c3)cc2)O1. The van der Waals surface area contributed by atoms with Crippen LogP contribution in [-0.4, -0.2) is 52.1 Å². The van der Waals surface area contributed by atoms with Crippen LogP contribution in [-0.2, 0) is 27.4 Å². The molecule has 2 heterocycles. The minimum Gasteiger partial charge on any atom is -0.392 e. The van der Waals surface area contributed by atoms with E-state index in [0.717, 1.165) is 59.9 Å². The van der Waals surface area contributed by atoms with Crippen molar-refractivity contribution in [2.24, 2.45) is 5.92 Å². The number of hydrogen-bond donors (Lipinski definition) is 3. The number of rotatable bonds is 10. The molecule has 3 aliphatic rings. The van der Waals surface area contributed by atoms with Crippen LogP contribution >= 0.6 is 0 Å². The lowest BCUT2D eigenvalue weighted by Gasteiger charge is -2.50. The summed E-state index contributed by atoms with van der Waals surface area (Å²) >= 11 is 0. The van der Waals surface area contributed by atoms with E-state index in [2.05, 4.69) is 15.5 Å². The quantitative estimate of drug-likeness (QED) is 0.0840. The number of likely N-dealkylation sites (tertiary alicyclic amines) is 1. The topological polar surface area (TPSA) is 100 Å². The van der Waals surface area contributed by atoms with Crippen LogP contribution in [0, 0.1) is 35.0 Å². The van der Waals surface area contributed by atoms with E-state index >= 15 is 0 Å². The molecule has 4 aromatic carbocycles. The van der Waals surface area contributed by atoms with Gasteiger partial charge in [-0.2, -0.15) is 0 Å². The van der Waals surface area contributed by atoms with Crippen molar-refractivity contribution in [3.05, 3.63) is 130 Å². The lowest BCUT2D eigenvalue weighted by Crippen LogP contribution is -2.61. The van der Waals surface area contributed by atoms with Crippen LogP contribution in [0.15, 0.2) is 72.8 Å². The van der Waals surface area contributed by atoms with Gasteiger partial charge in [0, 0.05) is 36.7 Å². The molecule has 2 amide bonds. The van der Waals surface area contributed by atoms with Crippen molar-refractivity contribution < 1.29 is 46.1 Å². The van der Waals surface area contributed by atoms with Crippen LogP contribution in [0.4, 0.5) is 22.0 Å². The first-order valence-electron chi connectivity index (χ1n) is 20.3. The molecule has 314 valence electrons. The number of nitrogens with one attached hydrogen (secondary N) is 2. The molecule has 6 atom stereocenters. The number of hydrogen-bond acceptors (Lipinski definition) is 6. The molecule has 0 bridgehead atoms. The minimum absolute atomic E-state index is 0.0461. The van der Waals surface area contributed by atoms with E-state index in [1.165, 1.54) is 6.42 Å². The van der Waals surface area contributed by atoms with E-state index < -0.39 is 46.8 Å². The Morgan fingerprint density at radius 3 is 2.10 bits per heavy atom. The van der Waals surface area contributed by atoms with Gasteiger partial charge in [-0.1, -0.05) is 79.6 Å². The Labute approximate surface area is 341 Å². The van der Waals surface area contributed by atoms with Gasteiger partial charge in [0.15, 0.2) is 29.6 Å². The highest BCUT2D eigenvalue weighted by molar-refractivity contribution is 5.94. The Morgan fingerprint density at radius 2 is 1.42 bits per heavy atom. The maximum Gasteiger partial charge on any atom is 0.257 e. The van der Waals surface area contributed by atoms with Gasteiger partial charge in [0.2, 0.25) is 11.7 Å². The average molecular weight is 820 g/mol. The largest absolute Gasteiger partial charge is 0.392 e. The zero-order valence-corrected chi connectivity index (χ0v) is 33.4. The molecule has 7 rings (SSSR count). The normalized spacial score (nSPS) is 23.7. The van der Waals surface area contributed by atoms with Crippen LogP contribution < -0.4 is 10.6 Å². The minimum atomic E-state index is -2.34. The molecule has 0 radical (unpaired) electrons. The van der Waals surface area contributed by atoms with E-state index in [4.69, 9.17) is 9.47 Å². The standard InChI is InChI=1S/C46H50F5N3O5/c1-46(2,3)53-43(56)35-20-19-29-8-4-5-10-34(29)54(35)24-33-22-36(30-13-11-26(25-55)12-14-30)59-45(58-33)31-17-15-28(16-18-31)32-9-6-7-27(21-32)23-52-44(57)37-38(47)40(49)42(51)41(50)39(37)48/h6-7,9,11-18,21,29,33-36,45,55H,4-5,8,10,19-20,22-25H2,1-3H3,(H,52,57)(H,53,56)/t29-,33+,34-,35-,36-,45-/m1/s1. The number of halogens is 5. The fourth-order valence-electron chi connectivity index (χ4n) is 8.76. The van der Waals surface area contributed by atoms with Crippen LogP contribution in [0.2, 0.25) is 0 Å². The average Bonchev–Trinajstić information content (AvgIpc) is 3.24. The molecule has 1 saturated carbocycles. The second-order valence-electron chi connectivity index (χ2n) is 16.9. The summed E-state index contributed by atoms with van der Waals surface area (Å²) < 4.78 is 82.8. The van der Waals surface area contributed by atoms with Crippen molar-refractivity contribution in [3.8, 4) is 11.1 Å². The zero-order chi connectivity index (χ0) is 42.0. The van der Waals surface area contributed by atoms with E-state index in [-0.39, 0.29) is 42.8 Å². The van der Waals surface area contributed by atoms with Gasteiger partial charge in [0.25, 0.3) is 5.91 Å². The maximum atomic E-state index is 14.2. The Morgan fingerprint density at radius 1 is 0.763 bits per heavy atom. The number of nitrogens with zero attached hydrogens (tertiary/aromatic N) is 1. The van der Waals surface area contributed by atoms with Crippen LogP contribution in [0.3, 0.4) is 0 Å². The van der Waals surface area contributed by atoms with Crippen LogP contribution in [0.25, 0.3) is 11.1 Å². The summed E-state index contributed by atoms with van der Waals surface area (Å²) in [6.07, 6.45) is 5.61. The summed E-state index contributed by atoms with van der Waals surface area (Å²) in [5.74, 6) is -12.0. The van der Waals surface area contributed by atoms with Gasteiger partial charge in [-0.3, -0.25) is 14.5 Å². The summed E-state index contributed by atoms with van der Waals surface area (Å²) in [5.41, 5.74) is 2.68. The second-order valence-corrected chi connectivity index (χ2v) is 16.9. The highest BCUT2D eigenvalue weighted by atomic mass is 19.2. The van der Waals surface area contributed by atoms with Crippen molar-refractivity contribution in [2.75, 3.05) is 6.54 Å². The summed E-state index contributed by atoms with van der Waals surface area (Å²) in [4.78, 5) is 28.8. The number of amides is 2. The number of aliphatic hydroxyl groups is 1. The number of ether oxygens (including phenoxy) is 2. The Balaban J connectivity index is 1.10. The van der Waals surface area contributed by atoms with E-state index in [9.17, 15) is 36.6 Å². The van der Waals surface area contributed by atoms with Gasteiger partial charge in [0.1, 0.15) is 5.56 Å². The van der Waals surface area contributed by atoms with E-state index in [1.54, 1.807) is 18.2 Å². The molecule has 3 N–H and O–H groups in total. The smallest absolute Gasteiger partial charge is 0.257 e. The first-order chi connectivity index (χ1) is 28.2. The maximum absolute atomic E-state index is 14.2. The first-order valence-corrected chi connectivity index (χ1v) is 20.3. The summed E-state index contributed by atoms with van der Waals surface area (Å²) in [6.45, 7) is 6.26. The third-order valence-electron chi connectivity index (χ3n) is 11.7. The third kappa shape index (κ3) is 9.54.